The molecule has 0 aliphatic heterocycles. The van der Waals surface area contributed by atoms with Gasteiger partial charge in [0.15, 0.2) is 10.9 Å². The van der Waals surface area contributed by atoms with Gasteiger partial charge in [0, 0.05) is 5.25 Å². The first-order valence-electron chi connectivity index (χ1n) is 7.63. The Morgan fingerprint density at radius 2 is 2.08 bits per heavy atom. The standard InChI is InChI=1S/C17H16BrN3O2S2/c1-10(2)24-17-21-20-16(25-17)19-14(22)9-23-13-8-7-11-5-3-4-6-12(11)15(13)18/h3-8,10H,9H2,1-2H3,(H,19,20,22). The van der Waals surface area contributed by atoms with Crippen LogP contribution in [0.15, 0.2) is 45.2 Å². The van der Waals surface area contributed by atoms with Gasteiger partial charge in [0.05, 0.1) is 4.47 Å². The number of nitrogens with one attached hydrogen (secondary N) is 1. The molecule has 25 heavy (non-hydrogen) atoms. The number of thioether (sulfide) groups is 1. The monoisotopic (exact) mass is 437 g/mol. The first-order valence-corrected chi connectivity index (χ1v) is 10.1. The van der Waals surface area contributed by atoms with Gasteiger partial charge in [-0.15, -0.1) is 10.2 Å². The molecule has 0 spiro atoms. The lowest BCUT2D eigenvalue weighted by Gasteiger charge is -2.09. The minimum atomic E-state index is -0.266. The normalized spacial score (nSPS) is 11.0. The van der Waals surface area contributed by atoms with Crippen LogP contribution in [0.4, 0.5) is 5.13 Å². The molecule has 0 atom stereocenters. The highest BCUT2D eigenvalue weighted by molar-refractivity contribution is 9.10. The van der Waals surface area contributed by atoms with Crippen LogP contribution in [0.5, 0.6) is 5.75 Å². The molecular formula is C17H16BrN3O2S2. The van der Waals surface area contributed by atoms with Gasteiger partial charge in [0.1, 0.15) is 5.75 Å². The van der Waals surface area contributed by atoms with Crippen molar-refractivity contribution >= 4 is 60.8 Å². The fourth-order valence-corrected chi connectivity index (χ4v) is 4.73. The number of anilines is 1. The summed E-state index contributed by atoms with van der Waals surface area (Å²) in [6, 6.07) is 11.8. The average molecular weight is 438 g/mol. The minimum absolute atomic E-state index is 0.0941. The summed E-state index contributed by atoms with van der Waals surface area (Å²) in [5.41, 5.74) is 0. The Morgan fingerprint density at radius 3 is 2.88 bits per heavy atom. The topological polar surface area (TPSA) is 64.1 Å². The molecule has 1 N–H and O–H groups in total. The van der Waals surface area contributed by atoms with Gasteiger partial charge in [0.25, 0.3) is 5.91 Å². The van der Waals surface area contributed by atoms with Gasteiger partial charge < -0.3 is 4.74 Å². The minimum Gasteiger partial charge on any atom is -0.483 e. The lowest BCUT2D eigenvalue weighted by Crippen LogP contribution is -2.20. The third-order valence-corrected chi connectivity index (χ3v) is 5.92. The summed E-state index contributed by atoms with van der Waals surface area (Å²) in [5, 5.41) is 13.8. The van der Waals surface area contributed by atoms with E-state index < -0.39 is 0 Å². The Balaban J connectivity index is 1.61. The summed E-state index contributed by atoms with van der Waals surface area (Å²) in [7, 11) is 0. The number of hydrogen-bond acceptors (Lipinski definition) is 6. The van der Waals surface area contributed by atoms with E-state index >= 15 is 0 Å². The fourth-order valence-electron chi connectivity index (χ4n) is 2.13. The Bertz CT molecular complexity index is 898. The van der Waals surface area contributed by atoms with Crippen molar-refractivity contribution in [2.45, 2.75) is 23.4 Å². The number of halogens is 1. The van der Waals surface area contributed by atoms with Crippen molar-refractivity contribution in [2.24, 2.45) is 0 Å². The second-order valence-electron chi connectivity index (χ2n) is 5.48. The molecule has 0 saturated heterocycles. The van der Waals surface area contributed by atoms with E-state index in [2.05, 4.69) is 45.3 Å². The smallest absolute Gasteiger partial charge is 0.264 e. The van der Waals surface area contributed by atoms with E-state index in [0.29, 0.717) is 16.1 Å². The Morgan fingerprint density at radius 1 is 1.28 bits per heavy atom. The highest BCUT2D eigenvalue weighted by atomic mass is 79.9. The van der Waals surface area contributed by atoms with Crippen LogP contribution in [0.3, 0.4) is 0 Å². The molecule has 0 fully saturated rings. The first kappa shape index (κ1) is 18.2. The molecule has 0 unspecified atom stereocenters. The summed E-state index contributed by atoms with van der Waals surface area (Å²) in [4.78, 5) is 12.1. The van der Waals surface area contributed by atoms with Gasteiger partial charge in [-0.25, -0.2) is 0 Å². The van der Waals surface area contributed by atoms with Crippen molar-refractivity contribution in [3.05, 3.63) is 40.9 Å². The van der Waals surface area contributed by atoms with Crippen molar-refractivity contribution in [2.75, 3.05) is 11.9 Å². The predicted molar refractivity (Wildman–Crippen MR) is 107 cm³/mol. The summed E-state index contributed by atoms with van der Waals surface area (Å²) in [6.07, 6.45) is 0. The quantitative estimate of drug-likeness (QED) is 0.435. The van der Waals surface area contributed by atoms with Gasteiger partial charge >= 0.3 is 0 Å². The Labute approximate surface area is 162 Å². The highest BCUT2D eigenvalue weighted by Crippen LogP contribution is 2.33. The van der Waals surface area contributed by atoms with Crippen LogP contribution >= 0.6 is 39.0 Å². The molecule has 0 aliphatic rings. The van der Waals surface area contributed by atoms with Crippen molar-refractivity contribution in [3.8, 4) is 5.75 Å². The SMILES string of the molecule is CC(C)Sc1nnc(NC(=O)COc2ccc3ccccc3c2Br)s1. The number of aromatic nitrogens is 2. The van der Waals surface area contributed by atoms with Crippen LogP contribution in [0.25, 0.3) is 10.8 Å². The number of carbonyl (C=O) groups excluding carboxylic acids is 1. The van der Waals surface area contributed by atoms with Crippen LogP contribution < -0.4 is 10.1 Å². The van der Waals surface area contributed by atoms with Crippen molar-refractivity contribution < 1.29 is 9.53 Å². The lowest BCUT2D eigenvalue weighted by atomic mass is 10.1. The molecule has 3 aromatic rings. The van der Waals surface area contributed by atoms with Crippen LogP contribution in [0.1, 0.15) is 13.8 Å². The van der Waals surface area contributed by atoms with E-state index in [1.165, 1.54) is 11.3 Å². The lowest BCUT2D eigenvalue weighted by molar-refractivity contribution is -0.118. The number of nitrogens with zero attached hydrogens (tertiary/aromatic N) is 2. The highest BCUT2D eigenvalue weighted by Gasteiger charge is 2.12. The predicted octanol–water partition coefficient (Wildman–Crippen LogP) is 4.97. The average Bonchev–Trinajstić information content (AvgIpc) is 3.00. The first-order chi connectivity index (χ1) is 12.0. The van der Waals surface area contributed by atoms with Crippen LogP contribution in [-0.2, 0) is 4.79 Å². The fraction of sp³-hybridized carbons (Fsp3) is 0.235. The van der Waals surface area contributed by atoms with Crippen molar-refractivity contribution in [3.63, 3.8) is 0 Å². The molecule has 8 heteroatoms. The van der Waals surface area contributed by atoms with Crippen LogP contribution in [-0.4, -0.2) is 28.0 Å². The van der Waals surface area contributed by atoms with Gasteiger partial charge in [0.2, 0.25) is 5.13 Å². The van der Waals surface area contributed by atoms with E-state index in [1.54, 1.807) is 11.8 Å². The maximum absolute atomic E-state index is 12.1. The number of fused-ring (bicyclic) bond motifs is 1. The number of carbonyl (C=O) groups is 1. The number of ether oxygens (including phenoxy) is 1. The van der Waals surface area contributed by atoms with Gasteiger partial charge in [-0.1, -0.05) is 67.3 Å². The third-order valence-electron chi connectivity index (χ3n) is 3.18. The molecule has 0 radical (unpaired) electrons. The summed E-state index contributed by atoms with van der Waals surface area (Å²) >= 11 is 6.52. The molecule has 1 aromatic heterocycles. The molecule has 1 amide bonds. The molecule has 130 valence electrons. The maximum atomic E-state index is 12.1. The van der Waals surface area contributed by atoms with E-state index in [0.717, 1.165) is 19.6 Å². The zero-order valence-electron chi connectivity index (χ0n) is 13.7. The van der Waals surface area contributed by atoms with Crippen molar-refractivity contribution in [1.29, 1.82) is 0 Å². The molecule has 0 aliphatic carbocycles. The molecule has 1 heterocycles. The molecule has 2 aromatic carbocycles. The molecular weight excluding hydrogens is 422 g/mol. The number of rotatable bonds is 6. The van der Waals surface area contributed by atoms with Crippen LogP contribution in [0, 0.1) is 0 Å². The van der Waals surface area contributed by atoms with Crippen molar-refractivity contribution in [1.82, 2.24) is 10.2 Å². The van der Waals surface area contributed by atoms with E-state index in [1.807, 2.05) is 36.4 Å². The molecule has 3 rings (SSSR count). The molecule has 5 nitrogen and oxygen atoms in total. The number of benzene rings is 2. The second-order valence-corrected chi connectivity index (χ2v) is 9.07. The Kier molecular flexibility index (Phi) is 5.93. The summed E-state index contributed by atoms with van der Waals surface area (Å²) in [5.74, 6) is 0.361. The number of amides is 1. The molecule has 0 bridgehead atoms. The van der Waals surface area contributed by atoms with Gasteiger partial charge in [-0.05, 0) is 32.8 Å². The summed E-state index contributed by atoms with van der Waals surface area (Å²) < 4.78 is 7.32. The van der Waals surface area contributed by atoms with E-state index in [9.17, 15) is 4.79 Å². The largest absolute Gasteiger partial charge is 0.483 e. The second kappa shape index (κ2) is 8.16. The van der Waals surface area contributed by atoms with Crippen LogP contribution in [0.2, 0.25) is 0 Å². The molecule has 0 saturated carbocycles. The van der Waals surface area contributed by atoms with Gasteiger partial charge in [-0.2, -0.15) is 0 Å². The number of hydrogen-bond donors (Lipinski definition) is 1. The summed E-state index contributed by atoms with van der Waals surface area (Å²) in [6.45, 7) is 4.07. The van der Waals surface area contributed by atoms with Gasteiger partial charge in [-0.3, -0.25) is 10.1 Å². The van der Waals surface area contributed by atoms with E-state index in [4.69, 9.17) is 4.74 Å². The third kappa shape index (κ3) is 4.71. The van der Waals surface area contributed by atoms with E-state index in [-0.39, 0.29) is 12.5 Å². The Hall–Kier alpha value is -1.64. The zero-order valence-corrected chi connectivity index (χ0v) is 16.9. The maximum Gasteiger partial charge on any atom is 0.264 e. The zero-order chi connectivity index (χ0) is 17.8.